The van der Waals surface area contributed by atoms with Crippen LogP contribution in [0.25, 0.3) is 43.5 Å². The number of hydrogen-bond acceptors (Lipinski definition) is 3. The van der Waals surface area contributed by atoms with Gasteiger partial charge in [0, 0.05) is 23.4 Å². The summed E-state index contributed by atoms with van der Waals surface area (Å²) < 4.78 is 15.7. The Morgan fingerprint density at radius 3 is 1.55 bits per heavy atom. The maximum atomic E-state index is 6.74. The normalized spacial score (nSPS) is 12.5. The second-order valence-corrected chi connectivity index (χ2v) is 10.8. The van der Waals surface area contributed by atoms with Crippen molar-refractivity contribution in [3.05, 3.63) is 71.8 Å². The summed E-state index contributed by atoms with van der Waals surface area (Å²) in [5, 5.41) is 7.09. The highest BCUT2D eigenvalue weighted by molar-refractivity contribution is 7.39. The average molecular weight is 430 g/mol. The Bertz CT molecular complexity index is 1400. The third-order valence-corrected chi connectivity index (χ3v) is 7.95. The van der Waals surface area contributed by atoms with Gasteiger partial charge < -0.3 is 8.39 Å². The fourth-order valence-corrected chi connectivity index (χ4v) is 5.77. The summed E-state index contributed by atoms with van der Waals surface area (Å²) in [5.74, 6) is 0. The highest BCUT2D eigenvalue weighted by atomic mass is 31.1. The van der Waals surface area contributed by atoms with E-state index in [1.54, 1.807) is 0 Å². The topological polar surface area (TPSA) is 29.5 Å². The molecule has 0 unspecified atom stereocenters. The Labute approximate surface area is 183 Å². The first-order valence-corrected chi connectivity index (χ1v) is 11.8. The van der Waals surface area contributed by atoms with Gasteiger partial charge in [0.2, 0.25) is 0 Å². The molecule has 4 aromatic carbocycles. The molecule has 0 amide bonds. The first kappa shape index (κ1) is 20.2. The van der Waals surface area contributed by atoms with Crippen LogP contribution < -0.4 is 4.67 Å². The highest BCUT2D eigenvalue weighted by Crippen LogP contribution is 2.44. The van der Waals surface area contributed by atoms with E-state index in [9.17, 15) is 0 Å². The molecule has 0 aliphatic rings. The molecule has 1 aromatic heterocycles. The van der Waals surface area contributed by atoms with Crippen LogP contribution in [-0.4, -0.2) is 12.6 Å². The minimum atomic E-state index is -1.33. The van der Waals surface area contributed by atoms with Crippen LogP contribution in [0, 0.1) is 13.8 Å². The molecule has 5 rings (SSSR count). The van der Waals surface area contributed by atoms with Gasteiger partial charge in [0.25, 0.3) is 0 Å². The van der Waals surface area contributed by atoms with Crippen LogP contribution in [-0.2, 0) is 0 Å². The molecule has 0 atom stereocenters. The largest absolute Gasteiger partial charge is 0.407 e. The summed E-state index contributed by atoms with van der Waals surface area (Å²) in [4.78, 5) is 0. The van der Waals surface area contributed by atoms with Gasteiger partial charge in [-0.25, -0.2) is 4.67 Å². The fraction of sp³-hybridized carbons (Fsp3) is 0.259. The predicted molar refractivity (Wildman–Crippen MR) is 135 cm³/mol. The lowest BCUT2D eigenvalue weighted by Crippen LogP contribution is -2.35. The Kier molecular flexibility index (Phi) is 4.66. The van der Waals surface area contributed by atoms with E-state index in [0.717, 1.165) is 33.1 Å². The highest BCUT2D eigenvalue weighted by Gasteiger charge is 2.24. The summed E-state index contributed by atoms with van der Waals surface area (Å²) >= 11 is 0. The summed E-state index contributed by atoms with van der Waals surface area (Å²) in [6.07, 6.45) is 0. The maximum absolute atomic E-state index is 6.74. The minimum absolute atomic E-state index is 0.0914. The molecule has 0 aliphatic carbocycles. The molecule has 0 bridgehead atoms. The van der Waals surface area contributed by atoms with Crippen molar-refractivity contribution in [1.82, 2.24) is 0 Å². The molecule has 0 spiro atoms. The predicted octanol–water partition coefficient (Wildman–Crippen LogP) is 8.58. The zero-order valence-corrected chi connectivity index (χ0v) is 19.9. The summed E-state index contributed by atoms with van der Waals surface area (Å²) in [5.41, 5.74) is 4.02. The van der Waals surface area contributed by atoms with Crippen molar-refractivity contribution >= 4 is 51.6 Å². The van der Waals surface area contributed by atoms with Crippen LogP contribution in [0.1, 0.15) is 31.9 Å². The molecule has 3 nitrogen and oxygen atoms in total. The molecule has 0 saturated carbocycles. The number of rotatable bonds is 1. The molecule has 0 saturated heterocycles. The maximum Gasteiger partial charge on any atom is 0.309 e. The molecule has 0 fully saturated rings. The second-order valence-electron chi connectivity index (χ2n) is 9.35. The Balaban J connectivity index is 2.16. The summed E-state index contributed by atoms with van der Waals surface area (Å²) in [6, 6.07) is 21.6. The van der Waals surface area contributed by atoms with E-state index in [-0.39, 0.29) is 5.54 Å². The van der Waals surface area contributed by atoms with Crippen LogP contribution in [0.5, 0.6) is 0 Å². The summed E-state index contributed by atoms with van der Waals surface area (Å²) in [7, 11) is 0.756. The molecule has 0 N–H and O–H groups in total. The average Bonchev–Trinajstić information content (AvgIpc) is 2.91. The monoisotopic (exact) mass is 429 g/mol. The second kappa shape index (κ2) is 7.15. The molecular formula is C27H28NO2P. The van der Waals surface area contributed by atoms with E-state index < -0.39 is 8.16 Å². The summed E-state index contributed by atoms with van der Waals surface area (Å²) in [6.45, 7) is 10.8. The Hall–Kier alpha value is -2.74. The lowest BCUT2D eigenvalue weighted by atomic mass is 9.95. The molecule has 0 aliphatic heterocycles. The quantitative estimate of drug-likeness (QED) is 0.267. The van der Waals surface area contributed by atoms with Crippen LogP contribution in [0.15, 0.2) is 69.1 Å². The van der Waals surface area contributed by atoms with Crippen molar-refractivity contribution in [2.45, 2.75) is 40.2 Å². The zero-order valence-electron chi connectivity index (χ0n) is 19.0. The minimum Gasteiger partial charge on any atom is -0.407 e. The fourth-order valence-electron chi connectivity index (χ4n) is 4.21. The first-order valence-electron chi connectivity index (χ1n) is 10.7. The number of aryl methyl sites for hydroxylation is 2. The number of hydrogen-bond donors (Lipinski definition) is 0. The molecule has 31 heavy (non-hydrogen) atoms. The zero-order chi connectivity index (χ0) is 21.9. The van der Waals surface area contributed by atoms with Crippen molar-refractivity contribution in [2.75, 3.05) is 11.7 Å². The van der Waals surface area contributed by atoms with E-state index >= 15 is 0 Å². The van der Waals surface area contributed by atoms with Gasteiger partial charge in [-0.05, 0) is 79.4 Å². The molecule has 0 radical (unpaired) electrons. The molecule has 5 aromatic rings. The third-order valence-electron chi connectivity index (χ3n) is 6.18. The van der Waals surface area contributed by atoms with Gasteiger partial charge in [0.05, 0.1) is 0 Å². The van der Waals surface area contributed by atoms with Crippen LogP contribution in [0.3, 0.4) is 0 Å². The van der Waals surface area contributed by atoms with Gasteiger partial charge in [0.15, 0.2) is 0 Å². The van der Waals surface area contributed by atoms with E-state index in [1.807, 2.05) is 0 Å². The van der Waals surface area contributed by atoms with Gasteiger partial charge in [-0.15, -0.1) is 0 Å². The smallest absolute Gasteiger partial charge is 0.309 e. The standard InChI is InChI=1S/C27H28NO2P/c1-17-15-19-11-7-9-13-21(19)23-24-22-14-10-8-12-20(22)16-18(2)26(24)30-31(29-25(17)23)28(6)27(3,4)5/h7-16H,1-6H3. The van der Waals surface area contributed by atoms with Gasteiger partial charge >= 0.3 is 8.16 Å². The molecular weight excluding hydrogens is 401 g/mol. The van der Waals surface area contributed by atoms with Gasteiger partial charge in [-0.2, -0.15) is 0 Å². The van der Waals surface area contributed by atoms with E-state index in [0.29, 0.717) is 0 Å². The Morgan fingerprint density at radius 2 is 1.13 bits per heavy atom. The van der Waals surface area contributed by atoms with E-state index in [4.69, 9.17) is 8.39 Å². The van der Waals surface area contributed by atoms with Gasteiger partial charge in [-0.3, -0.25) is 0 Å². The third kappa shape index (κ3) is 3.24. The van der Waals surface area contributed by atoms with Gasteiger partial charge in [0.1, 0.15) is 11.2 Å². The van der Waals surface area contributed by atoms with Crippen LogP contribution in [0.4, 0.5) is 0 Å². The molecule has 4 heteroatoms. The van der Waals surface area contributed by atoms with Crippen molar-refractivity contribution < 1.29 is 8.39 Å². The van der Waals surface area contributed by atoms with Crippen molar-refractivity contribution in [3.63, 3.8) is 0 Å². The van der Waals surface area contributed by atoms with Crippen LogP contribution >= 0.6 is 8.16 Å². The van der Waals surface area contributed by atoms with Crippen molar-refractivity contribution in [1.29, 1.82) is 0 Å². The molecule has 1 heterocycles. The molecule has 158 valence electrons. The number of benzene rings is 4. The van der Waals surface area contributed by atoms with Crippen molar-refractivity contribution in [2.24, 2.45) is 0 Å². The Morgan fingerprint density at radius 1 is 0.710 bits per heavy atom. The first-order chi connectivity index (χ1) is 14.8. The van der Waals surface area contributed by atoms with E-state index in [1.165, 1.54) is 21.5 Å². The lowest BCUT2D eigenvalue weighted by Gasteiger charge is -2.28. The van der Waals surface area contributed by atoms with Crippen LogP contribution in [0.2, 0.25) is 0 Å². The van der Waals surface area contributed by atoms with E-state index in [2.05, 4.69) is 107 Å². The lowest BCUT2D eigenvalue weighted by molar-refractivity contribution is 0.530. The van der Waals surface area contributed by atoms with Crippen molar-refractivity contribution in [3.8, 4) is 0 Å². The number of fused-ring (bicyclic) bond motifs is 7. The SMILES string of the molecule is Cc1cc2ccccc2c2c1op(N(C)C(C)(C)C)oc1c(C)cc3ccccc3c12. The van der Waals surface area contributed by atoms with Gasteiger partial charge in [-0.1, -0.05) is 48.5 Å². The number of nitrogens with zero attached hydrogens (tertiary/aromatic N) is 1.